The maximum atomic E-state index is 6.11. The molecule has 1 aromatic heterocycles. The van der Waals surface area contributed by atoms with Crippen LogP contribution in [0.25, 0.3) is 33.5 Å². The number of hydrogen-bond acceptors (Lipinski definition) is 4. The van der Waals surface area contributed by atoms with Gasteiger partial charge in [0.25, 0.3) is 0 Å². The molecule has 5 aromatic rings. The van der Waals surface area contributed by atoms with E-state index in [9.17, 15) is 0 Å². The van der Waals surface area contributed by atoms with E-state index in [1.807, 2.05) is 42.5 Å². The average molecular weight is 429 g/mol. The number of nitrogens with zero attached hydrogens (tertiary/aromatic N) is 2. The molecule has 1 heterocycles. The first-order valence-corrected chi connectivity index (χ1v) is 10.9. The van der Waals surface area contributed by atoms with Gasteiger partial charge in [0, 0.05) is 18.2 Å². The number of hydrogen-bond donors (Lipinski definition) is 2. The fourth-order valence-corrected chi connectivity index (χ4v) is 4.03. The van der Waals surface area contributed by atoms with Crippen molar-refractivity contribution in [2.24, 2.45) is 0 Å². The Bertz CT molecular complexity index is 1370. The number of anilines is 2. The van der Waals surface area contributed by atoms with Gasteiger partial charge in [-0.3, -0.25) is 0 Å². The minimum atomic E-state index is 0.245. The molecule has 0 fully saturated rings. The number of rotatable bonds is 6. The largest absolute Gasteiger partial charge is 0.368 e. The number of nitrogens with one attached hydrogen (secondary N) is 1. The van der Waals surface area contributed by atoms with Crippen molar-refractivity contribution >= 4 is 11.8 Å². The quantitative estimate of drug-likeness (QED) is 0.317. The summed E-state index contributed by atoms with van der Waals surface area (Å²) in [4.78, 5) is 8.97. The molecule has 0 aliphatic rings. The number of nitrogens with two attached hydrogens (primary N) is 1. The highest BCUT2D eigenvalue weighted by Gasteiger charge is 2.11. The zero-order chi connectivity index (χ0) is 22.5. The Labute approximate surface area is 193 Å². The van der Waals surface area contributed by atoms with Gasteiger partial charge >= 0.3 is 0 Å². The summed E-state index contributed by atoms with van der Waals surface area (Å²) in [5.74, 6) is 0.942. The second-order valence-corrected chi connectivity index (χ2v) is 7.78. The van der Waals surface area contributed by atoms with Crippen LogP contribution in [-0.4, -0.2) is 9.97 Å². The van der Waals surface area contributed by atoms with E-state index in [0.717, 1.165) is 22.4 Å². The first-order valence-electron chi connectivity index (χ1n) is 10.9. The molecule has 0 bridgehead atoms. The SMILES string of the molecule is Nc1nc(NCc2ccccc2-c2ccccc2)cc(-c2ccccc2-c2ccccc2)n1. The van der Waals surface area contributed by atoms with E-state index in [1.54, 1.807) is 0 Å². The molecule has 0 unspecified atom stereocenters. The maximum absolute atomic E-state index is 6.11. The van der Waals surface area contributed by atoms with Crippen molar-refractivity contribution in [2.75, 3.05) is 11.1 Å². The van der Waals surface area contributed by atoms with Crippen molar-refractivity contribution in [3.05, 3.63) is 121 Å². The zero-order valence-corrected chi connectivity index (χ0v) is 18.1. The average Bonchev–Trinajstić information content (AvgIpc) is 2.88. The number of benzene rings is 4. The van der Waals surface area contributed by atoms with Crippen molar-refractivity contribution in [2.45, 2.75) is 6.54 Å². The third-order valence-corrected chi connectivity index (χ3v) is 5.59. The van der Waals surface area contributed by atoms with Crippen molar-refractivity contribution in [3.8, 4) is 33.5 Å². The van der Waals surface area contributed by atoms with Gasteiger partial charge in [0.15, 0.2) is 0 Å². The molecule has 4 aromatic carbocycles. The summed E-state index contributed by atoms with van der Waals surface area (Å²) in [6.45, 7) is 0.626. The highest BCUT2D eigenvalue weighted by molar-refractivity contribution is 5.82. The van der Waals surface area contributed by atoms with Gasteiger partial charge in [0.05, 0.1) is 5.69 Å². The lowest BCUT2D eigenvalue weighted by molar-refractivity contribution is 1.09. The van der Waals surface area contributed by atoms with Crippen LogP contribution in [0.15, 0.2) is 115 Å². The van der Waals surface area contributed by atoms with Gasteiger partial charge in [-0.15, -0.1) is 0 Å². The molecule has 0 aliphatic heterocycles. The molecule has 33 heavy (non-hydrogen) atoms. The van der Waals surface area contributed by atoms with Crippen molar-refractivity contribution < 1.29 is 0 Å². The molecule has 5 rings (SSSR count). The van der Waals surface area contributed by atoms with Gasteiger partial charge in [-0.25, -0.2) is 4.98 Å². The third-order valence-electron chi connectivity index (χ3n) is 5.59. The summed E-state index contributed by atoms with van der Waals surface area (Å²) in [6, 6.07) is 39.3. The summed E-state index contributed by atoms with van der Waals surface area (Å²) < 4.78 is 0. The predicted molar refractivity (Wildman–Crippen MR) is 137 cm³/mol. The lowest BCUT2D eigenvalue weighted by Gasteiger charge is -2.14. The van der Waals surface area contributed by atoms with E-state index < -0.39 is 0 Å². The van der Waals surface area contributed by atoms with Crippen molar-refractivity contribution in [1.29, 1.82) is 0 Å². The number of aromatic nitrogens is 2. The highest BCUT2D eigenvalue weighted by atomic mass is 15.1. The van der Waals surface area contributed by atoms with Gasteiger partial charge < -0.3 is 11.1 Å². The first-order chi connectivity index (χ1) is 16.3. The lowest BCUT2D eigenvalue weighted by Crippen LogP contribution is -2.06. The van der Waals surface area contributed by atoms with E-state index in [4.69, 9.17) is 5.73 Å². The Morgan fingerprint density at radius 2 is 1.12 bits per heavy atom. The van der Waals surface area contributed by atoms with Crippen LogP contribution in [0.3, 0.4) is 0 Å². The molecule has 0 amide bonds. The Morgan fingerprint density at radius 3 is 1.82 bits per heavy atom. The van der Waals surface area contributed by atoms with Gasteiger partial charge in [0.1, 0.15) is 5.82 Å². The van der Waals surface area contributed by atoms with E-state index in [1.165, 1.54) is 16.7 Å². The van der Waals surface area contributed by atoms with E-state index in [-0.39, 0.29) is 5.95 Å². The normalized spacial score (nSPS) is 10.7. The molecular formula is C29H24N4. The molecule has 0 radical (unpaired) electrons. The second-order valence-electron chi connectivity index (χ2n) is 7.78. The fourth-order valence-electron chi connectivity index (χ4n) is 4.03. The number of nitrogen functional groups attached to an aromatic ring is 1. The molecule has 0 saturated carbocycles. The smallest absolute Gasteiger partial charge is 0.222 e. The van der Waals surface area contributed by atoms with Gasteiger partial charge in [-0.2, -0.15) is 4.98 Å². The topological polar surface area (TPSA) is 63.8 Å². The van der Waals surface area contributed by atoms with Crippen LogP contribution in [0.5, 0.6) is 0 Å². The van der Waals surface area contributed by atoms with Gasteiger partial charge in [-0.1, -0.05) is 109 Å². The third kappa shape index (κ3) is 4.60. The Kier molecular flexibility index (Phi) is 5.81. The van der Waals surface area contributed by atoms with Crippen LogP contribution in [0, 0.1) is 0 Å². The summed E-state index contributed by atoms with van der Waals surface area (Å²) in [5, 5.41) is 3.45. The summed E-state index contributed by atoms with van der Waals surface area (Å²) in [5.41, 5.74) is 13.7. The first kappa shape index (κ1) is 20.5. The molecule has 0 saturated heterocycles. The van der Waals surface area contributed by atoms with Crippen LogP contribution in [-0.2, 0) is 6.54 Å². The lowest BCUT2D eigenvalue weighted by atomic mass is 9.97. The zero-order valence-electron chi connectivity index (χ0n) is 18.1. The van der Waals surface area contributed by atoms with Crippen LogP contribution in [0.1, 0.15) is 5.56 Å². The highest BCUT2D eigenvalue weighted by Crippen LogP contribution is 2.32. The molecule has 4 nitrogen and oxygen atoms in total. The minimum Gasteiger partial charge on any atom is -0.368 e. The molecule has 4 heteroatoms. The predicted octanol–water partition coefficient (Wildman–Crippen LogP) is 6.67. The van der Waals surface area contributed by atoms with E-state index >= 15 is 0 Å². The van der Waals surface area contributed by atoms with Crippen molar-refractivity contribution in [1.82, 2.24) is 9.97 Å². The molecule has 3 N–H and O–H groups in total. The van der Waals surface area contributed by atoms with Gasteiger partial charge in [-0.05, 0) is 27.8 Å². The second kappa shape index (κ2) is 9.37. The van der Waals surface area contributed by atoms with E-state index in [2.05, 4.69) is 88.1 Å². The summed E-state index contributed by atoms with van der Waals surface area (Å²) in [7, 11) is 0. The standard InChI is InChI=1S/C29H24N4/c30-29-32-27(26-18-10-9-17-25(26)22-13-5-2-6-14-22)19-28(33-29)31-20-23-15-7-8-16-24(23)21-11-3-1-4-12-21/h1-19H,20H2,(H3,30,31,32,33). The van der Waals surface area contributed by atoms with Crippen LogP contribution in [0.4, 0.5) is 11.8 Å². The minimum absolute atomic E-state index is 0.245. The monoisotopic (exact) mass is 428 g/mol. The molecule has 0 spiro atoms. The molecule has 160 valence electrons. The van der Waals surface area contributed by atoms with Crippen LogP contribution >= 0.6 is 0 Å². The fraction of sp³-hybridized carbons (Fsp3) is 0.0345. The molecular weight excluding hydrogens is 404 g/mol. The Morgan fingerprint density at radius 1 is 0.576 bits per heavy atom. The molecule has 0 aliphatic carbocycles. The van der Waals surface area contributed by atoms with Crippen LogP contribution in [0.2, 0.25) is 0 Å². The maximum Gasteiger partial charge on any atom is 0.222 e. The van der Waals surface area contributed by atoms with Crippen molar-refractivity contribution in [3.63, 3.8) is 0 Å². The summed E-state index contributed by atoms with van der Waals surface area (Å²) in [6.07, 6.45) is 0. The Hall–Kier alpha value is -4.44. The van der Waals surface area contributed by atoms with E-state index in [0.29, 0.717) is 12.4 Å². The summed E-state index contributed by atoms with van der Waals surface area (Å²) >= 11 is 0. The molecule has 0 atom stereocenters. The van der Waals surface area contributed by atoms with Crippen LogP contribution < -0.4 is 11.1 Å². The Balaban J connectivity index is 1.46. The van der Waals surface area contributed by atoms with Gasteiger partial charge in [0.2, 0.25) is 5.95 Å².